The molecule has 6 aliphatic heterocycles. The summed E-state index contributed by atoms with van der Waals surface area (Å²) in [5, 5.41) is 27.3. The van der Waals surface area contributed by atoms with E-state index in [-0.39, 0.29) is 63.1 Å². The molecule has 6 aliphatic rings. The number of ether oxygens (including phenoxy) is 12. The van der Waals surface area contributed by atoms with Crippen LogP contribution in [-0.2, 0) is 56.8 Å². The molecule has 6 fully saturated rings. The second-order valence-electron chi connectivity index (χ2n) is 16.9. The van der Waals surface area contributed by atoms with E-state index in [1.54, 1.807) is 0 Å². The van der Waals surface area contributed by atoms with Crippen LogP contribution in [0.25, 0.3) is 0 Å². The van der Waals surface area contributed by atoms with E-state index in [0.717, 1.165) is 45.1 Å². The van der Waals surface area contributed by atoms with Crippen LogP contribution in [0.5, 0.6) is 0 Å². The van der Waals surface area contributed by atoms with Gasteiger partial charge in [-0.2, -0.15) is 0 Å². The molecule has 0 amide bonds. The van der Waals surface area contributed by atoms with Gasteiger partial charge in [-0.25, -0.2) is 0 Å². The SMILES string of the molecule is CC1(C)O[C@H]2OC(COCC(O)CNCCCCCCCCNC(O)COCC3O[C@@H]4OC(C)(C)O[C@@H]4[C@H]4OC(C)(C)O[C@@H]34)[C@@H]3OC(C)(C)O[C@@H]3[C@H]2O1. The fourth-order valence-corrected chi connectivity index (χ4v) is 8.01. The van der Waals surface area contributed by atoms with Crippen molar-refractivity contribution in [3.05, 3.63) is 0 Å². The first-order valence-electron chi connectivity index (χ1n) is 19.7. The minimum absolute atomic E-state index is 0.135. The number of aliphatic hydroxyl groups is 2. The smallest absolute Gasteiger partial charge is 0.190 e. The van der Waals surface area contributed by atoms with Gasteiger partial charge in [0.05, 0.1) is 32.5 Å². The Kier molecular flexibility index (Phi) is 13.8. The molecule has 0 aromatic carbocycles. The lowest BCUT2D eigenvalue weighted by molar-refractivity contribution is -0.244. The Balaban J connectivity index is 0.745. The van der Waals surface area contributed by atoms with Crippen LogP contribution in [0.4, 0.5) is 0 Å². The largest absolute Gasteiger partial charge is 0.389 e. The maximum absolute atomic E-state index is 10.4. The molecule has 16 heteroatoms. The number of nitrogens with one attached hydrogen (secondary N) is 2. The summed E-state index contributed by atoms with van der Waals surface area (Å²) in [5.41, 5.74) is 0. The average Bonchev–Trinajstić information content (AvgIpc) is 3.76. The number of fused-ring (bicyclic) bond motifs is 6. The van der Waals surface area contributed by atoms with E-state index in [4.69, 9.17) is 56.8 Å². The summed E-state index contributed by atoms with van der Waals surface area (Å²) in [6.07, 6.45) is 1.01. The molecule has 6 heterocycles. The van der Waals surface area contributed by atoms with Crippen LogP contribution in [0, 0.1) is 0 Å². The van der Waals surface area contributed by atoms with Gasteiger partial charge in [0.2, 0.25) is 0 Å². The highest BCUT2D eigenvalue weighted by molar-refractivity contribution is 5.01. The van der Waals surface area contributed by atoms with Gasteiger partial charge in [0.25, 0.3) is 0 Å². The maximum atomic E-state index is 10.4. The molecule has 0 saturated carbocycles. The van der Waals surface area contributed by atoms with Crippen molar-refractivity contribution >= 4 is 0 Å². The predicted octanol–water partition coefficient (Wildman–Crippen LogP) is 2.01. The number of hydrogen-bond donors (Lipinski definition) is 4. The highest BCUT2D eigenvalue weighted by atomic mass is 16.9. The zero-order valence-corrected chi connectivity index (χ0v) is 32.9. The first-order valence-corrected chi connectivity index (χ1v) is 19.7. The van der Waals surface area contributed by atoms with Gasteiger partial charge < -0.3 is 72.4 Å². The van der Waals surface area contributed by atoms with E-state index in [0.29, 0.717) is 13.1 Å². The molecule has 6 saturated heterocycles. The van der Waals surface area contributed by atoms with Crippen molar-refractivity contribution in [1.29, 1.82) is 0 Å². The molecule has 308 valence electrons. The van der Waals surface area contributed by atoms with Gasteiger partial charge in [0.15, 0.2) is 35.7 Å². The normalized spacial score (nSPS) is 38.6. The standard InChI is InChI=1S/C37H66N2O14/c1-34(2)46-26-23(44-32-30(28(26)48-34)50-36(5,6)52-32)19-42-18-22(40)17-38-15-13-11-9-10-12-14-16-39-25(41)21-43-20-24-27-29(49-35(3,4)47-27)31-33(45-24)53-37(7,8)51-31/h22-33,38-41H,9-21H2,1-8H3/t22?,23?,24?,25?,26-,27-,28-,29-,30+,31+,32+,33+/m0/s1. The number of rotatable bonds is 20. The minimum Gasteiger partial charge on any atom is -0.389 e. The van der Waals surface area contributed by atoms with E-state index in [2.05, 4.69) is 10.6 Å². The summed E-state index contributed by atoms with van der Waals surface area (Å²) in [6, 6.07) is 0. The number of hydrogen-bond acceptors (Lipinski definition) is 16. The summed E-state index contributed by atoms with van der Waals surface area (Å²) in [7, 11) is 0. The van der Waals surface area contributed by atoms with Crippen LogP contribution in [0.3, 0.4) is 0 Å². The van der Waals surface area contributed by atoms with Gasteiger partial charge >= 0.3 is 0 Å². The first-order chi connectivity index (χ1) is 25.0. The molecule has 0 aliphatic carbocycles. The monoisotopic (exact) mass is 762 g/mol. The van der Waals surface area contributed by atoms with Gasteiger partial charge in [0.1, 0.15) is 55.1 Å². The molecule has 0 spiro atoms. The van der Waals surface area contributed by atoms with Gasteiger partial charge in [-0.1, -0.05) is 25.7 Å². The van der Waals surface area contributed by atoms with Crippen molar-refractivity contribution in [1.82, 2.24) is 10.6 Å². The van der Waals surface area contributed by atoms with Crippen LogP contribution in [0.1, 0.15) is 93.9 Å². The van der Waals surface area contributed by atoms with Crippen molar-refractivity contribution in [3.8, 4) is 0 Å². The molecule has 0 bridgehead atoms. The van der Waals surface area contributed by atoms with Gasteiger partial charge in [-0.05, 0) is 81.3 Å². The van der Waals surface area contributed by atoms with E-state index in [1.807, 2.05) is 55.4 Å². The predicted molar refractivity (Wildman–Crippen MR) is 187 cm³/mol. The summed E-state index contributed by atoms with van der Waals surface area (Å²) in [5.74, 6) is -3.06. The van der Waals surface area contributed by atoms with Crippen LogP contribution in [0.15, 0.2) is 0 Å². The van der Waals surface area contributed by atoms with Crippen molar-refractivity contribution in [2.45, 2.75) is 191 Å². The minimum atomic E-state index is -0.774. The average molecular weight is 763 g/mol. The van der Waals surface area contributed by atoms with E-state index < -0.39 is 60.3 Å². The highest BCUT2D eigenvalue weighted by Gasteiger charge is 2.62. The molecule has 0 aromatic rings. The molecule has 0 radical (unpaired) electrons. The molecule has 12 atom stereocenters. The van der Waals surface area contributed by atoms with Gasteiger partial charge in [0, 0.05) is 6.54 Å². The Labute approximate surface area is 314 Å². The fourth-order valence-electron chi connectivity index (χ4n) is 8.01. The van der Waals surface area contributed by atoms with Crippen LogP contribution >= 0.6 is 0 Å². The topological polar surface area (TPSA) is 175 Å². The van der Waals surface area contributed by atoms with Crippen LogP contribution < -0.4 is 10.6 Å². The molecular formula is C37H66N2O14. The van der Waals surface area contributed by atoms with Crippen molar-refractivity contribution in [2.75, 3.05) is 46.1 Å². The molecule has 0 aromatic heterocycles. The Morgan fingerprint density at radius 3 is 1.45 bits per heavy atom. The third-order valence-electron chi connectivity index (χ3n) is 10.2. The Morgan fingerprint density at radius 2 is 0.925 bits per heavy atom. The fraction of sp³-hybridized carbons (Fsp3) is 1.00. The van der Waals surface area contributed by atoms with E-state index in [1.165, 1.54) is 0 Å². The lowest BCUT2D eigenvalue weighted by Gasteiger charge is -2.37. The quantitative estimate of drug-likeness (QED) is 0.105. The molecule has 4 unspecified atom stereocenters. The Bertz CT molecular complexity index is 1070. The number of unbranched alkanes of at least 4 members (excludes halogenated alkanes) is 5. The molecule has 53 heavy (non-hydrogen) atoms. The summed E-state index contributed by atoms with van der Waals surface area (Å²) in [6.45, 7) is 17.7. The Morgan fingerprint density at radius 1 is 0.509 bits per heavy atom. The number of aliphatic hydroxyl groups excluding tert-OH is 2. The van der Waals surface area contributed by atoms with Crippen LogP contribution in [-0.4, -0.2) is 153 Å². The third-order valence-corrected chi connectivity index (χ3v) is 10.2. The summed E-state index contributed by atoms with van der Waals surface area (Å²) < 4.78 is 72.5. The maximum Gasteiger partial charge on any atom is 0.190 e. The van der Waals surface area contributed by atoms with Crippen LogP contribution in [0.2, 0.25) is 0 Å². The summed E-state index contributed by atoms with van der Waals surface area (Å²) in [4.78, 5) is 0. The second-order valence-corrected chi connectivity index (χ2v) is 16.9. The van der Waals surface area contributed by atoms with Gasteiger partial charge in [-0.15, -0.1) is 0 Å². The van der Waals surface area contributed by atoms with E-state index in [9.17, 15) is 10.2 Å². The zero-order chi connectivity index (χ0) is 38.0. The summed E-state index contributed by atoms with van der Waals surface area (Å²) >= 11 is 0. The lowest BCUT2D eigenvalue weighted by Crippen LogP contribution is -2.56. The second kappa shape index (κ2) is 17.5. The molecule has 4 N–H and O–H groups in total. The molecule has 6 rings (SSSR count). The van der Waals surface area contributed by atoms with E-state index >= 15 is 0 Å². The van der Waals surface area contributed by atoms with Crippen molar-refractivity contribution in [2.24, 2.45) is 0 Å². The van der Waals surface area contributed by atoms with Crippen molar-refractivity contribution in [3.63, 3.8) is 0 Å². The lowest BCUT2D eigenvalue weighted by atomic mass is 9.99. The molecular weight excluding hydrogens is 696 g/mol. The van der Waals surface area contributed by atoms with Gasteiger partial charge in [-0.3, -0.25) is 5.32 Å². The third kappa shape index (κ3) is 11.3. The first kappa shape index (κ1) is 42.0. The zero-order valence-electron chi connectivity index (χ0n) is 32.9. The van der Waals surface area contributed by atoms with Crippen molar-refractivity contribution < 1.29 is 67.1 Å². The Hall–Kier alpha value is -0.640. The molecule has 16 nitrogen and oxygen atoms in total. The highest BCUT2D eigenvalue weighted by Crippen LogP contribution is 2.45.